The van der Waals surface area contributed by atoms with Gasteiger partial charge in [-0.2, -0.15) is 0 Å². The highest BCUT2D eigenvalue weighted by Crippen LogP contribution is 2.39. The third-order valence-corrected chi connectivity index (χ3v) is 4.42. The van der Waals surface area contributed by atoms with Crippen LogP contribution < -0.4 is 5.32 Å². The average Bonchev–Trinajstić information content (AvgIpc) is 2.46. The number of piperidine rings is 1. The van der Waals surface area contributed by atoms with E-state index < -0.39 is 5.60 Å². The smallest absolute Gasteiger partial charge is 0.0934 e. The average molecular weight is 270 g/mol. The summed E-state index contributed by atoms with van der Waals surface area (Å²) in [6.45, 7) is 1.36. The fraction of sp³-hybridized carbons (Fsp3) is 0.438. The molecular weight excluding hydrogens is 252 g/mol. The fourth-order valence-corrected chi connectivity index (χ4v) is 3.65. The number of nitrogens with one attached hydrogen (secondary N) is 1. The SMILES string of the molecule is OC1(c2cccc3ncccc23)CC2COCC(C1)N2. The molecule has 2 atom stereocenters. The van der Waals surface area contributed by atoms with Gasteiger partial charge in [0.25, 0.3) is 0 Å². The fourth-order valence-electron chi connectivity index (χ4n) is 3.65. The number of ether oxygens (including phenoxy) is 1. The molecule has 0 spiro atoms. The number of morpholine rings is 1. The van der Waals surface area contributed by atoms with Crippen molar-refractivity contribution in [3.63, 3.8) is 0 Å². The minimum absolute atomic E-state index is 0.236. The number of hydrogen-bond acceptors (Lipinski definition) is 4. The molecule has 0 saturated carbocycles. The second kappa shape index (κ2) is 4.52. The molecule has 2 fully saturated rings. The predicted molar refractivity (Wildman–Crippen MR) is 76.4 cm³/mol. The zero-order valence-electron chi connectivity index (χ0n) is 11.2. The van der Waals surface area contributed by atoms with Crippen LogP contribution in [0.1, 0.15) is 18.4 Å². The van der Waals surface area contributed by atoms with E-state index in [0.717, 1.165) is 16.5 Å². The maximum Gasteiger partial charge on any atom is 0.0934 e. The first-order valence-electron chi connectivity index (χ1n) is 7.15. The number of hydrogen-bond donors (Lipinski definition) is 2. The van der Waals surface area contributed by atoms with Crippen LogP contribution in [0.5, 0.6) is 0 Å². The molecule has 4 nitrogen and oxygen atoms in total. The van der Waals surface area contributed by atoms with Crippen molar-refractivity contribution in [3.05, 3.63) is 42.1 Å². The Morgan fingerprint density at radius 2 is 1.95 bits per heavy atom. The van der Waals surface area contributed by atoms with Crippen LogP contribution in [0.3, 0.4) is 0 Å². The molecule has 2 N–H and O–H groups in total. The molecule has 0 radical (unpaired) electrons. The number of benzene rings is 1. The van der Waals surface area contributed by atoms with E-state index in [1.54, 1.807) is 6.20 Å². The van der Waals surface area contributed by atoms with E-state index in [-0.39, 0.29) is 12.1 Å². The highest BCUT2D eigenvalue weighted by Gasteiger charge is 2.42. The van der Waals surface area contributed by atoms with Crippen molar-refractivity contribution < 1.29 is 9.84 Å². The maximum atomic E-state index is 11.2. The second-order valence-electron chi connectivity index (χ2n) is 5.91. The van der Waals surface area contributed by atoms with Crippen LogP contribution in [-0.4, -0.2) is 35.4 Å². The third-order valence-electron chi connectivity index (χ3n) is 4.42. The van der Waals surface area contributed by atoms with Crippen molar-refractivity contribution in [2.24, 2.45) is 0 Å². The van der Waals surface area contributed by atoms with E-state index in [9.17, 15) is 5.11 Å². The van der Waals surface area contributed by atoms with Crippen LogP contribution in [0.25, 0.3) is 10.9 Å². The van der Waals surface area contributed by atoms with Gasteiger partial charge in [0.2, 0.25) is 0 Å². The summed E-state index contributed by atoms with van der Waals surface area (Å²) in [6, 6.07) is 10.5. The first-order chi connectivity index (χ1) is 9.74. The van der Waals surface area contributed by atoms with Gasteiger partial charge in [-0.05, 0) is 30.5 Å². The Balaban J connectivity index is 1.81. The number of pyridine rings is 1. The summed E-state index contributed by atoms with van der Waals surface area (Å²) in [4.78, 5) is 4.39. The molecule has 1 aromatic carbocycles. The number of rotatable bonds is 1. The van der Waals surface area contributed by atoms with E-state index in [1.165, 1.54) is 0 Å². The van der Waals surface area contributed by atoms with E-state index in [0.29, 0.717) is 26.1 Å². The van der Waals surface area contributed by atoms with Gasteiger partial charge >= 0.3 is 0 Å². The highest BCUT2D eigenvalue weighted by molar-refractivity contribution is 5.82. The molecule has 104 valence electrons. The summed E-state index contributed by atoms with van der Waals surface area (Å²) in [7, 11) is 0. The monoisotopic (exact) mass is 270 g/mol. The number of fused-ring (bicyclic) bond motifs is 3. The molecule has 4 rings (SSSR count). The van der Waals surface area contributed by atoms with Gasteiger partial charge in [0.1, 0.15) is 0 Å². The molecule has 4 heteroatoms. The van der Waals surface area contributed by atoms with E-state index in [2.05, 4.69) is 10.3 Å². The maximum absolute atomic E-state index is 11.2. The highest BCUT2D eigenvalue weighted by atomic mass is 16.5. The van der Waals surface area contributed by atoms with Gasteiger partial charge in [0, 0.05) is 23.7 Å². The van der Waals surface area contributed by atoms with Gasteiger partial charge in [-0.3, -0.25) is 4.98 Å². The summed E-state index contributed by atoms with van der Waals surface area (Å²) >= 11 is 0. The molecule has 0 aliphatic carbocycles. The summed E-state index contributed by atoms with van der Waals surface area (Å²) < 4.78 is 5.57. The first kappa shape index (κ1) is 12.3. The van der Waals surface area contributed by atoms with Crippen LogP contribution in [0.4, 0.5) is 0 Å². The quantitative estimate of drug-likeness (QED) is 0.826. The largest absolute Gasteiger partial charge is 0.385 e. The summed E-state index contributed by atoms with van der Waals surface area (Å²) in [5.41, 5.74) is 1.16. The van der Waals surface area contributed by atoms with Crippen LogP contribution in [0, 0.1) is 0 Å². The molecule has 2 aromatic rings. The van der Waals surface area contributed by atoms with Crippen molar-refractivity contribution in [2.45, 2.75) is 30.5 Å². The molecule has 2 bridgehead atoms. The number of nitrogens with zero attached hydrogens (tertiary/aromatic N) is 1. The molecule has 20 heavy (non-hydrogen) atoms. The lowest BCUT2D eigenvalue weighted by Crippen LogP contribution is -2.58. The minimum Gasteiger partial charge on any atom is -0.385 e. The first-order valence-corrected chi connectivity index (χ1v) is 7.15. The second-order valence-corrected chi connectivity index (χ2v) is 5.91. The Labute approximate surface area is 117 Å². The summed E-state index contributed by atoms with van der Waals surface area (Å²) in [5, 5.41) is 15.8. The standard InChI is InChI=1S/C16H18N2O2/c19-16(7-11-9-20-10-12(8-16)18-11)14-4-1-5-15-13(14)3-2-6-17-15/h1-6,11-12,18-19H,7-10H2. The zero-order valence-corrected chi connectivity index (χ0v) is 11.2. The van der Waals surface area contributed by atoms with Crippen molar-refractivity contribution >= 4 is 10.9 Å². The van der Waals surface area contributed by atoms with Crippen molar-refractivity contribution in [1.29, 1.82) is 0 Å². The van der Waals surface area contributed by atoms with E-state index in [4.69, 9.17) is 4.74 Å². The molecule has 2 saturated heterocycles. The molecule has 2 aliphatic heterocycles. The Morgan fingerprint density at radius 1 is 1.15 bits per heavy atom. The normalized spacial score (nSPS) is 33.2. The Morgan fingerprint density at radius 3 is 2.75 bits per heavy atom. The van der Waals surface area contributed by atoms with Gasteiger partial charge < -0.3 is 15.2 Å². The van der Waals surface area contributed by atoms with Crippen molar-refractivity contribution in [3.8, 4) is 0 Å². The lowest BCUT2D eigenvalue weighted by Gasteiger charge is -2.45. The number of aromatic nitrogens is 1. The lowest BCUT2D eigenvalue weighted by molar-refractivity contribution is -0.0794. The topological polar surface area (TPSA) is 54.4 Å². The van der Waals surface area contributed by atoms with E-state index >= 15 is 0 Å². The molecule has 0 amide bonds. The van der Waals surface area contributed by atoms with Crippen molar-refractivity contribution in [2.75, 3.05) is 13.2 Å². The molecule has 2 aliphatic rings. The Kier molecular flexibility index (Phi) is 2.77. The predicted octanol–water partition coefficient (Wildman–Crippen LogP) is 1.57. The van der Waals surface area contributed by atoms with Crippen LogP contribution >= 0.6 is 0 Å². The van der Waals surface area contributed by atoms with Gasteiger partial charge in [-0.25, -0.2) is 0 Å². The minimum atomic E-state index is -0.785. The Hall–Kier alpha value is -1.49. The van der Waals surface area contributed by atoms with Gasteiger partial charge in [0.15, 0.2) is 0 Å². The number of aliphatic hydroxyl groups is 1. The summed E-state index contributed by atoms with van der Waals surface area (Å²) in [5.74, 6) is 0. The van der Waals surface area contributed by atoms with Crippen LogP contribution in [0.2, 0.25) is 0 Å². The zero-order chi connectivity index (χ0) is 13.6. The van der Waals surface area contributed by atoms with Crippen LogP contribution in [0.15, 0.2) is 36.5 Å². The van der Waals surface area contributed by atoms with Crippen LogP contribution in [-0.2, 0) is 10.3 Å². The molecule has 2 unspecified atom stereocenters. The molecule has 1 aromatic heterocycles. The van der Waals surface area contributed by atoms with Gasteiger partial charge in [-0.1, -0.05) is 18.2 Å². The lowest BCUT2D eigenvalue weighted by atomic mass is 9.77. The van der Waals surface area contributed by atoms with Crippen molar-refractivity contribution in [1.82, 2.24) is 10.3 Å². The van der Waals surface area contributed by atoms with Gasteiger partial charge in [-0.15, -0.1) is 0 Å². The third kappa shape index (κ3) is 1.92. The summed E-state index contributed by atoms with van der Waals surface area (Å²) in [6.07, 6.45) is 3.18. The molecule has 3 heterocycles. The Bertz CT molecular complexity index is 626. The van der Waals surface area contributed by atoms with Gasteiger partial charge in [0.05, 0.1) is 24.3 Å². The van der Waals surface area contributed by atoms with E-state index in [1.807, 2.05) is 30.3 Å². The molecular formula is C16H18N2O2.